The molecule has 0 spiro atoms. The van der Waals surface area contributed by atoms with Gasteiger partial charge in [0.15, 0.2) is 17.8 Å². The minimum Gasteiger partial charge on any atom is -0.454 e. The number of primary amides is 1. The number of halogens is 1. The van der Waals surface area contributed by atoms with Gasteiger partial charge in [0, 0.05) is 12.1 Å². The third-order valence-corrected chi connectivity index (χ3v) is 5.52. The van der Waals surface area contributed by atoms with Crippen LogP contribution in [-0.2, 0) is 0 Å². The lowest BCUT2D eigenvalue weighted by Gasteiger charge is -2.29. The van der Waals surface area contributed by atoms with Crippen molar-refractivity contribution in [2.75, 3.05) is 18.8 Å². The molecule has 4 rings (SSSR count). The summed E-state index contributed by atoms with van der Waals surface area (Å²) in [7, 11) is 0. The Balaban J connectivity index is 1.64. The molecule has 3 aromatic rings. The molecule has 0 bridgehead atoms. The van der Waals surface area contributed by atoms with E-state index in [1.54, 1.807) is 52.9 Å². The summed E-state index contributed by atoms with van der Waals surface area (Å²) >= 11 is 0. The van der Waals surface area contributed by atoms with Crippen LogP contribution in [0.15, 0.2) is 42.5 Å². The molecular formula is C23H23FN6O2. The third kappa shape index (κ3) is 4.07. The number of nitriles is 1. The number of carbonyl (C=O) groups is 1. The number of hydrogen-bond acceptors (Lipinski definition) is 6. The van der Waals surface area contributed by atoms with Gasteiger partial charge < -0.3 is 21.1 Å². The molecule has 1 aliphatic rings. The molecule has 1 aromatic heterocycles. The highest BCUT2D eigenvalue weighted by molar-refractivity contribution is 6.03. The van der Waals surface area contributed by atoms with E-state index in [2.05, 4.69) is 11.3 Å². The number of nitrogen functional groups attached to an aromatic ring is 1. The summed E-state index contributed by atoms with van der Waals surface area (Å²) in [5.74, 6) is -0.399. The Morgan fingerprint density at radius 1 is 1.28 bits per heavy atom. The summed E-state index contributed by atoms with van der Waals surface area (Å²) in [4.78, 5) is 13.8. The van der Waals surface area contributed by atoms with Crippen LogP contribution in [0.3, 0.4) is 0 Å². The third-order valence-electron chi connectivity index (χ3n) is 5.52. The topological polar surface area (TPSA) is 123 Å². The predicted molar refractivity (Wildman–Crippen MR) is 117 cm³/mol. The van der Waals surface area contributed by atoms with Crippen molar-refractivity contribution in [1.82, 2.24) is 14.7 Å². The number of benzene rings is 2. The first-order valence-corrected chi connectivity index (χ1v) is 10.2. The van der Waals surface area contributed by atoms with E-state index < -0.39 is 11.7 Å². The summed E-state index contributed by atoms with van der Waals surface area (Å²) in [6, 6.07) is 11.3. The number of piperidine rings is 1. The highest BCUT2D eigenvalue weighted by atomic mass is 19.1. The van der Waals surface area contributed by atoms with E-state index in [1.165, 1.54) is 6.07 Å². The normalized spacial score (nSPS) is 15.9. The average Bonchev–Trinajstić information content (AvgIpc) is 3.13. The van der Waals surface area contributed by atoms with Gasteiger partial charge in [-0.15, -0.1) is 0 Å². The molecular weight excluding hydrogens is 411 g/mol. The van der Waals surface area contributed by atoms with Crippen LogP contribution in [0.25, 0.3) is 11.3 Å². The lowest BCUT2D eigenvalue weighted by atomic mass is 10.1. The van der Waals surface area contributed by atoms with Gasteiger partial charge in [-0.05, 0) is 61.7 Å². The lowest BCUT2D eigenvalue weighted by Crippen LogP contribution is -2.34. The minimum absolute atomic E-state index is 0.119. The molecule has 0 aliphatic carbocycles. The molecule has 1 aliphatic heterocycles. The van der Waals surface area contributed by atoms with Crippen molar-refractivity contribution < 1.29 is 13.9 Å². The van der Waals surface area contributed by atoms with Crippen LogP contribution >= 0.6 is 0 Å². The van der Waals surface area contributed by atoms with Crippen molar-refractivity contribution in [2.45, 2.75) is 25.8 Å². The molecule has 2 aromatic carbocycles. The van der Waals surface area contributed by atoms with Crippen LogP contribution in [0.1, 0.15) is 34.8 Å². The number of rotatable bonds is 5. The van der Waals surface area contributed by atoms with Crippen LogP contribution < -0.4 is 16.2 Å². The van der Waals surface area contributed by atoms with Gasteiger partial charge in [0.1, 0.15) is 22.8 Å². The van der Waals surface area contributed by atoms with E-state index in [0.29, 0.717) is 30.1 Å². The van der Waals surface area contributed by atoms with Crippen LogP contribution in [-0.4, -0.2) is 33.7 Å². The molecule has 0 unspecified atom stereocenters. The van der Waals surface area contributed by atoms with Gasteiger partial charge in [0.05, 0.1) is 12.6 Å². The van der Waals surface area contributed by atoms with Gasteiger partial charge in [0.2, 0.25) is 0 Å². The molecule has 1 fully saturated rings. The van der Waals surface area contributed by atoms with E-state index in [1.807, 2.05) is 0 Å². The van der Waals surface area contributed by atoms with E-state index in [9.17, 15) is 14.4 Å². The second-order valence-electron chi connectivity index (χ2n) is 7.82. The maximum absolute atomic E-state index is 14.1. The Labute approximate surface area is 184 Å². The van der Waals surface area contributed by atoms with Gasteiger partial charge in [-0.25, -0.2) is 9.07 Å². The van der Waals surface area contributed by atoms with Crippen LogP contribution in [0, 0.1) is 24.2 Å². The standard InChI is InChI=1S/C23H23FN6O2/c1-14-4-9-19(18(24)11-14)32-17-7-5-15(6-8-17)21-20(23(27)31)22(26)30(28-21)16-3-2-10-29(12-16)13-25/h4-9,11,16H,2-3,10,12,26H2,1H3,(H2,27,31)/t16-/m1/s1. The Hall–Kier alpha value is -4.06. The fourth-order valence-corrected chi connectivity index (χ4v) is 3.91. The lowest BCUT2D eigenvalue weighted by molar-refractivity contribution is 0.100. The summed E-state index contributed by atoms with van der Waals surface area (Å²) in [5, 5.41) is 13.8. The molecule has 1 amide bonds. The van der Waals surface area contributed by atoms with E-state index in [4.69, 9.17) is 16.2 Å². The number of carbonyl (C=O) groups excluding carboxylic acids is 1. The quantitative estimate of drug-likeness (QED) is 0.592. The molecule has 9 heteroatoms. The second-order valence-corrected chi connectivity index (χ2v) is 7.82. The number of anilines is 1. The first-order chi connectivity index (χ1) is 15.4. The Kier molecular flexibility index (Phi) is 5.69. The van der Waals surface area contributed by atoms with Gasteiger partial charge in [-0.3, -0.25) is 4.79 Å². The summed E-state index contributed by atoms with van der Waals surface area (Å²) in [6.45, 7) is 2.95. The first kappa shape index (κ1) is 21.2. The van der Waals surface area contributed by atoms with Gasteiger partial charge in [-0.2, -0.15) is 10.4 Å². The predicted octanol–water partition coefficient (Wildman–Crippen LogP) is 3.59. The maximum Gasteiger partial charge on any atom is 0.254 e. The van der Waals surface area contributed by atoms with Gasteiger partial charge in [0.25, 0.3) is 5.91 Å². The van der Waals surface area contributed by atoms with Crippen molar-refractivity contribution in [1.29, 1.82) is 5.26 Å². The monoisotopic (exact) mass is 434 g/mol. The van der Waals surface area contributed by atoms with Crippen molar-refractivity contribution in [2.24, 2.45) is 5.73 Å². The number of amides is 1. The van der Waals surface area contributed by atoms with Crippen molar-refractivity contribution >= 4 is 11.7 Å². The smallest absolute Gasteiger partial charge is 0.254 e. The Bertz CT molecular complexity index is 1200. The molecule has 2 heterocycles. The molecule has 8 nitrogen and oxygen atoms in total. The number of aromatic nitrogens is 2. The minimum atomic E-state index is -0.682. The number of nitrogens with two attached hydrogens (primary N) is 2. The molecule has 4 N–H and O–H groups in total. The largest absolute Gasteiger partial charge is 0.454 e. The zero-order valence-electron chi connectivity index (χ0n) is 17.6. The molecule has 0 saturated carbocycles. The molecule has 1 saturated heterocycles. The summed E-state index contributed by atoms with van der Waals surface area (Å²) in [6.07, 6.45) is 3.76. The Morgan fingerprint density at radius 2 is 2.03 bits per heavy atom. The number of nitrogens with zero attached hydrogens (tertiary/aromatic N) is 4. The van der Waals surface area contributed by atoms with Gasteiger partial charge >= 0.3 is 0 Å². The number of likely N-dealkylation sites (tertiary alicyclic amines) is 1. The molecule has 0 radical (unpaired) electrons. The van der Waals surface area contributed by atoms with Crippen molar-refractivity contribution in [3.05, 3.63) is 59.4 Å². The van der Waals surface area contributed by atoms with Crippen LogP contribution in [0.4, 0.5) is 10.2 Å². The second kappa shape index (κ2) is 8.59. The fourth-order valence-electron chi connectivity index (χ4n) is 3.91. The molecule has 32 heavy (non-hydrogen) atoms. The zero-order valence-corrected chi connectivity index (χ0v) is 17.6. The number of aryl methyl sites for hydroxylation is 1. The van der Waals surface area contributed by atoms with E-state index in [-0.39, 0.29) is 23.2 Å². The maximum atomic E-state index is 14.1. The van der Waals surface area contributed by atoms with Crippen molar-refractivity contribution in [3.63, 3.8) is 0 Å². The highest BCUT2D eigenvalue weighted by Crippen LogP contribution is 2.33. The molecule has 1 atom stereocenters. The SMILES string of the molecule is Cc1ccc(Oc2ccc(-c3nn([C@@H]4CCCN(C#N)C4)c(N)c3C(N)=O)cc2)c(F)c1. The number of ether oxygens (including phenoxy) is 1. The fraction of sp³-hybridized carbons (Fsp3) is 0.261. The first-order valence-electron chi connectivity index (χ1n) is 10.2. The van der Waals surface area contributed by atoms with E-state index >= 15 is 0 Å². The highest BCUT2D eigenvalue weighted by Gasteiger charge is 2.28. The van der Waals surface area contributed by atoms with E-state index in [0.717, 1.165) is 18.4 Å². The molecule has 164 valence electrons. The van der Waals surface area contributed by atoms with Crippen LogP contribution in [0.2, 0.25) is 0 Å². The van der Waals surface area contributed by atoms with Crippen LogP contribution in [0.5, 0.6) is 11.5 Å². The summed E-state index contributed by atoms with van der Waals surface area (Å²) < 4.78 is 21.3. The Morgan fingerprint density at radius 3 is 2.69 bits per heavy atom. The summed E-state index contributed by atoms with van der Waals surface area (Å²) in [5.41, 5.74) is 13.8. The zero-order chi connectivity index (χ0) is 22.8. The average molecular weight is 434 g/mol. The van der Waals surface area contributed by atoms with Crippen molar-refractivity contribution in [3.8, 4) is 28.9 Å². The number of hydrogen-bond donors (Lipinski definition) is 2. The van der Waals surface area contributed by atoms with Gasteiger partial charge in [-0.1, -0.05) is 6.07 Å².